The Labute approximate surface area is 198 Å². The molecule has 0 saturated heterocycles. The van der Waals surface area contributed by atoms with Gasteiger partial charge in [0.2, 0.25) is 5.91 Å². The van der Waals surface area contributed by atoms with Crippen molar-refractivity contribution >= 4 is 11.6 Å². The predicted octanol–water partition coefficient (Wildman–Crippen LogP) is 3.38. The third-order valence-corrected chi connectivity index (χ3v) is 5.34. The summed E-state index contributed by atoms with van der Waals surface area (Å²) < 4.78 is 7.68. The van der Waals surface area contributed by atoms with Gasteiger partial charge in [-0.05, 0) is 31.0 Å². The van der Waals surface area contributed by atoms with Crippen molar-refractivity contribution in [3.63, 3.8) is 0 Å². The van der Waals surface area contributed by atoms with Crippen molar-refractivity contribution in [2.45, 2.75) is 32.0 Å². The third-order valence-electron chi connectivity index (χ3n) is 5.34. The molecule has 34 heavy (non-hydrogen) atoms. The smallest absolute Gasteiger partial charge is 0.240 e. The summed E-state index contributed by atoms with van der Waals surface area (Å²) in [6.45, 7) is 3.78. The summed E-state index contributed by atoms with van der Waals surface area (Å²) in [5.41, 5.74) is 8.64. The van der Waals surface area contributed by atoms with Crippen LogP contribution < -0.4 is 11.1 Å². The molecule has 2 aromatic carbocycles. The molecule has 0 saturated carbocycles. The van der Waals surface area contributed by atoms with E-state index in [2.05, 4.69) is 21.6 Å². The highest BCUT2D eigenvalue weighted by Gasteiger charge is 2.28. The maximum atomic E-state index is 12.7. The number of nitrogens with zero attached hydrogens (tertiary/aromatic N) is 4. The van der Waals surface area contributed by atoms with Crippen LogP contribution in [0.15, 0.2) is 72.9 Å². The number of benzene rings is 2. The van der Waals surface area contributed by atoms with E-state index in [0.29, 0.717) is 23.6 Å². The van der Waals surface area contributed by atoms with Crippen LogP contribution >= 0.6 is 0 Å². The van der Waals surface area contributed by atoms with E-state index in [1.165, 1.54) is 0 Å². The highest BCUT2D eigenvalue weighted by molar-refractivity contribution is 5.85. The minimum atomic E-state index is -1.09. The van der Waals surface area contributed by atoms with Gasteiger partial charge in [0.05, 0.1) is 24.3 Å². The lowest BCUT2D eigenvalue weighted by molar-refractivity contribution is -0.126. The molecule has 3 N–H and O–H groups in total. The largest absolute Gasteiger partial charge is 0.374 e. The van der Waals surface area contributed by atoms with Crippen molar-refractivity contribution in [2.75, 3.05) is 6.61 Å². The van der Waals surface area contributed by atoms with E-state index >= 15 is 0 Å². The van der Waals surface area contributed by atoms with E-state index in [4.69, 9.17) is 10.5 Å². The monoisotopic (exact) mass is 454 g/mol. The molecule has 8 nitrogen and oxygen atoms in total. The number of nitrogens with two attached hydrogens (primary N) is 1. The first-order valence-corrected chi connectivity index (χ1v) is 10.9. The zero-order valence-electron chi connectivity index (χ0n) is 19.1. The molecular weight excluding hydrogens is 428 g/mol. The molecule has 0 fully saturated rings. The number of nitriles is 1. The van der Waals surface area contributed by atoms with Crippen molar-refractivity contribution in [3.8, 4) is 17.2 Å². The van der Waals surface area contributed by atoms with Crippen molar-refractivity contribution in [1.29, 1.82) is 5.26 Å². The van der Waals surface area contributed by atoms with Crippen LogP contribution in [0.4, 0.5) is 0 Å². The standard InChI is InChI=1S/C26H26N6O2/c1-26(2,28)25(33)29-22(17-34-16-18-9-5-3-6-10-18)24-31-30-23-21(20-11-7-4-8-12-20)13-19(14-27)15-32(23)24/h3-13,15,22H,16-17,28H2,1-2H3,(H,29,33)/t22-/m1/s1. The van der Waals surface area contributed by atoms with Crippen molar-refractivity contribution in [3.05, 3.63) is 89.9 Å². The normalized spacial score (nSPS) is 12.3. The van der Waals surface area contributed by atoms with Gasteiger partial charge < -0.3 is 15.8 Å². The lowest BCUT2D eigenvalue weighted by atomic mass is 10.0. The van der Waals surface area contributed by atoms with Gasteiger partial charge in [-0.25, -0.2) is 0 Å². The highest BCUT2D eigenvalue weighted by Crippen LogP contribution is 2.27. The van der Waals surface area contributed by atoms with Gasteiger partial charge in [0.15, 0.2) is 11.5 Å². The summed E-state index contributed by atoms with van der Waals surface area (Å²) in [4.78, 5) is 12.7. The first-order chi connectivity index (χ1) is 16.4. The minimum absolute atomic E-state index is 0.148. The second-order valence-electron chi connectivity index (χ2n) is 8.62. The number of nitrogens with one attached hydrogen (secondary N) is 1. The van der Waals surface area contributed by atoms with E-state index < -0.39 is 11.6 Å². The number of carbonyl (C=O) groups excluding carboxylic acids is 1. The van der Waals surface area contributed by atoms with Crippen molar-refractivity contribution < 1.29 is 9.53 Å². The fourth-order valence-electron chi connectivity index (χ4n) is 3.53. The quantitative estimate of drug-likeness (QED) is 0.421. The number of aromatic nitrogens is 3. The average molecular weight is 455 g/mol. The number of carbonyl (C=O) groups is 1. The topological polar surface area (TPSA) is 118 Å². The molecule has 4 aromatic rings. The van der Waals surface area contributed by atoms with Gasteiger partial charge in [-0.3, -0.25) is 9.20 Å². The lowest BCUT2D eigenvalue weighted by Crippen LogP contribution is -2.50. The highest BCUT2D eigenvalue weighted by atomic mass is 16.5. The minimum Gasteiger partial charge on any atom is -0.374 e. The van der Waals surface area contributed by atoms with E-state index in [9.17, 15) is 10.1 Å². The Balaban J connectivity index is 1.72. The molecule has 2 heterocycles. The Kier molecular flexibility index (Phi) is 6.68. The zero-order chi connectivity index (χ0) is 24.1. The Morgan fingerprint density at radius 1 is 1.15 bits per heavy atom. The van der Waals surface area contributed by atoms with Crippen LogP contribution in [-0.4, -0.2) is 32.7 Å². The number of amides is 1. The second-order valence-corrected chi connectivity index (χ2v) is 8.62. The first kappa shape index (κ1) is 23.1. The van der Waals surface area contributed by atoms with E-state index in [1.807, 2.05) is 60.7 Å². The summed E-state index contributed by atoms with van der Waals surface area (Å²) >= 11 is 0. The number of hydrogen-bond acceptors (Lipinski definition) is 6. The van der Waals surface area contributed by atoms with Crippen LogP contribution in [0.5, 0.6) is 0 Å². The van der Waals surface area contributed by atoms with E-state index in [-0.39, 0.29) is 12.5 Å². The van der Waals surface area contributed by atoms with Crippen LogP contribution in [0.2, 0.25) is 0 Å². The SMILES string of the molecule is CC(C)(N)C(=O)N[C@H](COCc1ccccc1)c1nnc2c(-c3ccccc3)cc(C#N)cn12. The van der Waals surface area contributed by atoms with Crippen LogP contribution in [0.1, 0.15) is 36.8 Å². The molecule has 1 atom stereocenters. The van der Waals surface area contributed by atoms with Crippen molar-refractivity contribution in [2.24, 2.45) is 5.73 Å². The molecular formula is C26H26N6O2. The molecule has 0 unspecified atom stereocenters. The third kappa shape index (κ3) is 5.12. The van der Waals surface area contributed by atoms with Gasteiger partial charge in [0, 0.05) is 11.8 Å². The Bertz CT molecular complexity index is 1320. The van der Waals surface area contributed by atoms with E-state index in [0.717, 1.165) is 16.7 Å². The number of pyridine rings is 1. The van der Waals surface area contributed by atoms with Gasteiger partial charge in [0.1, 0.15) is 12.1 Å². The Morgan fingerprint density at radius 2 is 1.82 bits per heavy atom. The zero-order valence-corrected chi connectivity index (χ0v) is 19.1. The summed E-state index contributed by atoms with van der Waals surface area (Å²) in [6.07, 6.45) is 1.67. The maximum Gasteiger partial charge on any atom is 0.240 e. The number of hydrogen-bond donors (Lipinski definition) is 2. The average Bonchev–Trinajstić information content (AvgIpc) is 3.27. The molecule has 0 aliphatic rings. The molecule has 0 aliphatic carbocycles. The molecule has 0 spiro atoms. The van der Waals surface area contributed by atoms with Gasteiger partial charge in [-0.2, -0.15) is 5.26 Å². The van der Waals surface area contributed by atoms with Gasteiger partial charge in [0.25, 0.3) is 0 Å². The summed E-state index contributed by atoms with van der Waals surface area (Å²) in [7, 11) is 0. The van der Waals surface area contributed by atoms with Gasteiger partial charge in [-0.15, -0.1) is 10.2 Å². The fourth-order valence-corrected chi connectivity index (χ4v) is 3.53. The molecule has 8 heteroatoms. The Morgan fingerprint density at radius 3 is 2.47 bits per heavy atom. The lowest BCUT2D eigenvalue weighted by Gasteiger charge is -2.23. The summed E-state index contributed by atoms with van der Waals surface area (Å²) in [5.74, 6) is 0.104. The molecule has 0 radical (unpaired) electrons. The van der Waals surface area contributed by atoms with Crippen molar-refractivity contribution in [1.82, 2.24) is 19.9 Å². The summed E-state index contributed by atoms with van der Waals surface area (Å²) in [5, 5.41) is 21.4. The Hall–Kier alpha value is -4.06. The summed E-state index contributed by atoms with van der Waals surface area (Å²) in [6, 6.07) is 22.8. The fraction of sp³-hybridized carbons (Fsp3) is 0.231. The number of fused-ring (bicyclic) bond motifs is 1. The van der Waals surface area contributed by atoms with Crippen LogP contribution in [-0.2, 0) is 16.1 Å². The second kappa shape index (κ2) is 9.83. The molecule has 0 bridgehead atoms. The van der Waals surface area contributed by atoms with Crippen LogP contribution in [0.25, 0.3) is 16.8 Å². The van der Waals surface area contributed by atoms with Gasteiger partial charge >= 0.3 is 0 Å². The molecule has 1 amide bonds. The first-order valence-electron chi connectivity index (χ1n) is 10.9. The molecule has 172 valence electrons. The van der Waals surface area contributed by atoms with E-state index in [1.54, 1.807) is 30.5 Å². The van der Waals surface area contributed by atoms with Gasteiger partial charge in [-0.1, -0.05) is 60.7 Å². The van der Waals surface area contributed by atoms with Crippen LogP contribution in [0.3, 0.4) is 0 Å². The number of rotatable bonds is 8. The molecule has 2 aromatic heterocycles. The number of ether oxygens (including phenoxy) is 1. The molecule has 0 aliphatic heterocycles. The maximum absolute atomic E-state index is 12.7. The predicted molar refractivity (Wildman–Crippen MR) is 128 cm³/mol. The molecule has 4 rings (SSSR count). The van der Waals surface area contributed by atoms with Crippen LogP contribution in [0, 0.1) is 11.3 Å².